The molecule has 1 heterocycles. The highest BCUT2D eigenvalue weighted by atomic mass is 19.4. The number of benzene rings is 2. The van der Waals surface area contributed by atoms with E-state index in [1.165, 1.54) is 6.07 Å². The minimum Gasteiger partial charge on any atom is -0.406 e. The van der Waals surface area contributed by atoms with Gasteiger partial charge in [-0.25, -0.2) is 4.98 Å². The highest BCUT2D eigenvalue weighted by Gasteiger charge is 2.32. The Morgan fingerprint density at radius 2 is 1.58 bits per heavy atom. The summed E-state index contributed by atoms with van der Waals surface area (Å²) in [6.07, 6.45) is 0.354. The number of para-hydroxylation sites is 2. The van der Waals surface area contributed by atoms with Crippen molar-refractivity contribution in [2.75, 3.05) is 43.9 Å². The van der Waals surface area contributed by atoms with Gasteiger partial charge >= 0.3 is 6.36 Å². The van der Waals surface area contributed by atoms with Gasteiger partial charge in [0.1, 0.15) is 11.6 Å². The fourth-order valence-electron chi connectivity index (χ4n) is 4.82. The van der Waals surface area contributed by atoms with Crippen LogP contribution in [0.4, 0.5) is 24.9 Å². The number of hydrogen-bond donors (Lipinski definition) is 2. The molecule has 2 N–H and O–H groups in total. The zero-order valence-corrected chi connectivity index (χ0v) is 20.8. The van der Waals surface area contributed by atoms with E-state index in [1.54, 1.807) is 18.2 Å². The number of fused-ring (bicyclic) bond motifs is 1. The first-order valence-corrected chi connectivity index (χ1v) is 12.5. The van der Waals surface area contributed by atoms with Crippen LogP contribution in [0.2, 0.25) is 0 Å². The second-order valence-corrected chi connectivity index (χ2v) is 9.66. The highest BCUT2D eigenvalue weighted by Crippen LogP contribution is 2.30. The Balaban J connectivity index is 1.19. The van der Waals surface area contributed by atoms with Crippen molar-refractivity contribution >= 4 is 22.7 Å². The number of nitrogens with zero attached hydrogens (tertiary/aromatic N) is 3. The van der Waals surface area contributed by atoms with Crippen LogP contribution in [0.25, 0.3) is 10.9 Å². The van der Waals surface area contributed by atoms with Crippen molar-refractivity contribution < 1.29 is 17.9 Å². The Morgan fingerprint density at radius 1 is 0.917 bits per heavy atom. The van der Waals surface area contributed by atoms with Gasteiger partial charge in [-0.2, -0.15) is 4.98 Å². The van der Waals surface area contributed by atoms with Gasteiger partial charge in [0, 0.05) is 26.0 Å². The predicted molar refractivity (Wildman–Crippen MR) is 138 cm³/mol. The van der Waals surface area contributed by atoms with E-state index in [0.29, 0.717) is 36.3 Å². The minimum atomic E-state index is -4.67. The van der Waals surface area contributed by atoms with Gasteiger partial charge < -0.3 is 20.3 Å². The smallest absolute Gasteiger partial charge is 0.406 e. The lowest BCUT2D eigenvalue weighted by molar-refractivity contribution is -0.274. The average molecular weight is 502 g/mol. The number of halogens is 3. The van der Waals surface area contributed by atoms with Gasteiger partial charge in [0.2, 0.25) is 5.95 Å². The van der Waals surface area contributed by atoms with E-state index >= 15 is 0 Å². The number of aromatic nitrogens is 2. The maximum atomic E-state index is 12.6. The van der Waals surface area contributed by atoms with E-state index in [2.05, 4.69) is 20.4 Å². The van der Waals surface area contributed by atoms with Gasteiger partial charge in [-0.15, -0.1) is 13.2 Å². The summed E-state index contributed by atoms with van der Waals surface area (Å²) in [7, 11) is 3.98. The third-order valence-electron chi connectivity index (χ3n) is 6.72. The SMILES string of the molecule is CN(C)c1nc(NCC2CCC(CNCCc3ccccc3OC(F)(F)F)CC2)nc2ccccc12. The highest BCUT2D eigenvalue weighted by molar-refractivity contribution is 5.90. The van der Waals surface area contributed by atoms with E-state index in [1.807, 2.05) is 43.3 Å². The molecule has 194 valence electrons. The van der Waals surface area contributed by atoms with Crippen molar-refractivity contribution in [1.82, 2.24) is 15.3 Å². The molecule has 0 saturated heterocycles. The molecule has 36 heavy (non-hydrogen) atoms. The molecule has 9 heteroatoms. The Hall–Kier alpha value is -3.07. The molecular formula is C27H34F3N5O. The Kier molecular flexibility index (Phi) is 8.51. The van der Waals surface area contributed by atoms with E-state index in [4.69, 9.17) is 4.98 Å². The normalized spacial score (nSPS) is 18.2. The lowest BCUT2D eigenvalue weighted by atomic mass is 9.82. The van der Waals surface area contributed by atoms with Gasteiger partial charge in [-0.05, 0) is 80.8 Å². The Morgan fingerprint density at radius 3 is 2.31 bits per heavy atom. The zero-order valence-electron chi connectivity index (χ0n) is 20.8. The van der Waals surface area contributed by atoms with Crippen LogP contribution >= 0.6 is 0 Å². The van der Waals surface area contributed by atoms with Crippen molar-refractivity contribution in [2.24, 2.45) is 11.8 Å². The maximum Gasteiger partial charge on any atom is 0.573 e. The number of nitrogens with one attached hydrogen (secondary N) is 2. The van der Waals surface area contributed by atoms with Gasteiger partial charge in [-0.3, -0.25) is 0 Å². The number of hydrogen-bond acceptors (Lipinski definition) is 6. The summed E-state index contributed by atoms with van der Waals surface area (Å²) in [4.78, 5) is 11.4. The molecule has 0 atom stereocenters. The summed E-state index contributed by atoms with van der Waals surface area (Å²) in [5.74, 6) is 2.61. The number of rotatable bonds is 10. The summed E-state index contributed by atoms with van der Waals surface area (Å²) in [5, 5.41) is 7.91. The molecule has 1 aliphatic rings. The summed E-state index contributed by atoms with van der Waals surface area (Å²) < 4.78 is 41.9. The fraction of sp³-hybridized carbons (Fsp3) is 0.481. The Labute approximate surface area is 210 Å². The number of anilines is 2. The maximum absolute atomic E-state index is 12.6. The van der Waals surface area contributed by atoms with Gasteiger partial charge in [-0.1, -0.05) is 30.3 Å². The summed E-state index contributed by atoms with van der Waals surface area (Å²) in [5.41, 5.74) is 1.49. The molecule has 1 fully saturated rings. The van der Waals surface area contributed by atoms with E-state index in [9.17, 15) is 13.2 Å². The molecule has 2 aromatic carbocycles. The van der Waals surface area contributed by atoms with Crippen molar-refractivity contribution in [3.05, 3.63) is 54.1 Å². The summed E-state index contributed by atoms with van der Waals surface area (Å²) in [6.45, 7) is 2.34. The molecule has 0 amide bonds. The van der Waals surface area contributed by atoms with Crippen LogP contribution in [0.3, 0.4) is 0 Å². The monoisotopic (exact) mass is 501 g/mol. The van der Waals surface area contributed by atoms with Crippen molar-refractivity contribution in [3.63, 3.8) is 0 Å². The molecule has 3 aromatic rings. The molecule has 0 radical (unpaired) electrons. The largest absolute Gasteiger partial charge is 0.573 e. The van der Waals surface area contributed by atoms with Crippen LogP contribution in [0.1, 0.15) is 31.2 Å². The van der Waals surface area contributed by atoms with Crippen molar-refractivity contribution in [1.29, 1.82) is 0 Å². The number of alkyl halides is 3. The van der Waals surface area contributed by atoms with Crippen LogP contribution in [0.15, 0.2) is 48.5 Å². The first-order valence-electron chi connectivity index (χ1n) is 12.5. The van der Waals surface area contributed by atoms with Crippen molar-refractivity contribution in [3.8, 4) is 5.75 Å². The van der Waals surface area contributed by atoms with Gasteiger partial charge in [0.15, 0.2) is 0 Å². The van der Waals surface area contributed by atoms with Gasteiger partial charge in [0.05, 0.1) is 5.52 Å². The lowest BCUT2D eigenvalue weighted by Crippen LogP contribution is -2.30. The van der Waals surface area contributed by atoms with E-state index < -0.39 is 6.36 Å². The van der Waals surface area contributed by atoms with Crippen LogP contribution in [0, 0.1) is 11.8 Å². The summed E-state index contributed by atoms with van der Waals surface area (Å²) >= 11 is 0. The summed E-state index contributed by atoms with van der Waals surface area (Å²) in [6, 6.07) is 14.4. The molecule has 0 unspecified atom stereocenters. The first-order chi connectivity index (χ1) is 17.3. The van der Waals surface area contributed by atoms with Crippen LogP contribution in [-0.4, -0.2) is 50.1 Å². The minimum absolute atomic E-state index is 0.118. The third kappa shape index (κ3) is 7.22. The van der Waals surface area contributed by atoms with E-state index in [-0.39, 0.29) is 5.75 Å². The second kappa shape index (κ2) is 11.8. The average Bonchev–Trinajstić information content (AvgIpc) is 2.85. The molecule has 1 aliphatic carbocycles. The first kappa shape index (κ1) is 26.0. The zero-order chi connectivity index (χ0) is 25.5. The van der Waals surface area contributed by atoms with Crippen molar-refractivity contribution in [2.45, 2.75) is 38.5 Å². The molecule has 1 aromatic heterocycles. The molecule has 0 aliphatic heterocycles. The van der Waals surface area contributed by atoms with Gasteiger partial charge in [0.25, 0.3) is 0 Å². The molecule has 0 bridgehead atoms. The van der Waals surface area contributed by atoms with Crippen LogP contribution in [0.5, 0.6) is 5.75 Å². The molecule has 0 spiro atoms. The van der Waals surface area contributed by atoms with Crippen LogP contribution < -0.4 is 20.3 Å². The van der Waals surface area contributed by atoms with E-state index in [0.717, 1.165) is 55.5 Å². The third-order valence-corrected chi connectivity index (χ3v) is 6.72. The number of ether oxygens (including phenoxy) is 1. The molecule has 4 rings (SSSR count). The lowest BCUT2D eigenvalue weighted by Gasteiger charge is -2.29. The molecule has 6 nitrogen and oxygen atoms in total. The molecular weight excluding hydrogens is 467 g/mol. The quantitative estimate of drug-likeness (QED) is 0.351. The second-order valence-electron chi connectivity index (χ2n) is 9.66. The topological polar surface area (TPSA) is 62.3 Å². The van der Waals surface area contributed by atoms with Crippen LogP contribution in [-0.2, 0) is 6.42 Å². The molecule has 1 saturated carbocycles. The standard InChI is InChI=1S/C27H34F3N5O/c1-35(2)25-22-8-4-5-9-23(22)33-26(34-25)32-18-20-13-11-19(12-14-20)17-31-16-15-21-7-3-6-10-24(21)36-27(28,29)30/h3-10,19-20,31H,11-18H2,1-2H3,(H,32,33,34). The Bertz CT molecular complexity index is 1130. The predicted octanol–water partition coefficient (Wildman–Crippen LogP) is 5.65. The fourth-order valence-corrected chi connectivity index (χ4v) is 4.82.